The highest BCUT2D eigenvalue weighted by Gasteiger charge is 2.26. The number of rotatable bonds is 5. The number of halogens is 1. The third-order valence-corrected chi connectivity index (χ3v) is 5.22. The number of anilines is 1. The van der Waals surface area contributed by atoms with E-state index in [9.17, 15) is 14.9 Å². The molecule has 0 unspecified atom stereocenters. The molecule has 2 aromatic heterocycles. The Bertz CT molecular complexity index is 1060. The molecular weight excluding hydrogens is 426 g/mol. The van der Waals surface area contributed by atoms with Crippen molar-refractivity contribution in [3.05, 3.63) is 68.6 Å². The number of nitrogens with zero attached hydrogens (tertiary/aromatic N) is 4. The summed E-state index contributed by atoms with van der Waals surface area (Å²) in [5.74, 6) is -0.287. The number of hydrogen-bond donors (Lipinski definition) is 1. The fraction of sp³-hybridized carbons (Fsp3) is 0.263. The quantitative estimate of drug-likeness (QED) is 0.477. The lowest BCUT2D eigenvalue weighted by Crippen LogP contribution is -2.28. The van der Waals surface area contributed by atoms with E-state index in [1.165, 1.54) is 6.07 Å². The van der Waals surface area contributed by atoms with Gasteiger partial charge in [0.15, 0.2) is 0 Å². The van der Waals surface area contributed by atoms with E-state index in [1.54, 1.807) is 17.0 Å². The number of likely N-dealkylation sites (tertiary alicyclic amines) is 1. The van der Waals surface area contributed by atoms with Crippen LogP contribution in [0.4, 0.5) is 11.4 Å². The highest BCUT2D eigenvalue weighted by atomic mass is 79.9. The van der Waals surface area contributed by atoms with Gasteiger partial charge in [-0.3, -0.25) is 14.9 Å². The number of carbonyl (C=O) groups excluding carboxylic acids is 1. The zero-order chi connectivity index (χ0) is 19.7. The molecular formula is C19H18BrN5O3. The minimum Gasteiger partial charge on any atom is -0.379 e. The van der Waals surface area contributed by atoms with Crippen LogP contribution < -0.4 is 5.32 Å². The Morgan fingerprint density at radius 1 is 1.21 bits per heavy atom. The van der Waals surface area contributed by atoms with Gasteiger partial charge in [0.05, 0.1) is 17.2 Å². The van der Waals surface area contributed by atoms with Crippen molar-refractivity contribution in [1.29, 1.82) is 0 Å². The van der Waals surface area contributed by atoms with E-state index in [0.29, 0.717) is 25.3 Å². The molecule has 0 aliphatic carbocycles. The molecule has 1 saturated heterocycles. The van der Waals surface area contributed by atoms with Crippen molar-refractivity contribution >= 4 is 38.9 Å². The number of imidazole rings is 1. The predicted molar refractivity (Wildman–Crippen MR) is 108 cm³/mol. The largest absolute Gasteiger partial charge is 0.379 e. The van der Waals surface area contributed by atoms with Crippen molar-refractivity contribution in [3.8, 4) is 0 Å². The average molecular weight is 444 g/mol. The number of nitrogens with one attached hydrogen (secondary N) is 1. The summed E-state index contributed by atoms with van der Waals surface area (Å²) in [4.78, 5) is 29.8. The van der Waals surface area contributed by atoms with Gasteiger partial charge in [0.25, 0.3) is 11.6 Å². The summed E-state index contributed by atoms with van der Waals surface area (Å²) in [6.07, 6.45) is 5.70. The number of hydrogen-bond acceptors (Lipinski definition) is 5. The van der Waals surface area contributed by atoms with Gasteiger partial charge in [-0.2, -0.15) is 0 Å². The van der Waals surface area contributed by atoms with Crippen molar-refractivity contribution in [3.63, 3.8) is 0 Å². The molecule has 144 valence electrons. The first-order valence-corrected chi connectivity index (χ1v) is 9.75. The Balaban J connectivity index is 1.56. The van der Waals surface area contributed by atoms with Gasteiger partial charge in [0.2, 0.25) is 0 Å². The Labute approximate surface area is 169 Å². The number of pyridine rings is 1. The number of amides is 1. The highest BCUT2D eigenvalue weighted by molar-refractivity contribution is 9.10. The first-order chi connectivity index (χ1) is 13.5. The minimum absolute atomic E-state index is 0.121. The molecule has 1 amide bonds. The van der Waals surface area contributed by atoms with Crippen LogP contribution >= 0.6 is 15.9 Å². The highest BCUT2D eigenvalue weighted by Crippen LogP contribution is 2.26. The topological polar surface area (TPSA) is 92.8 Å². The van der Waals surface area contributed by atoms with Crippen molar-refractivity contribution < 1.29 is 9.72 Å². The Morgan fingerprint density at radius 2 is 2.00 bits per heavy atom. The second kappa shape index (κ2) is 7.59. The molecule has 3 heterocycles. The van der Waals surface area contributed by atoms with E-state index in [2.05, 4.69) is 26.2 Å². The second-order valence-electron chi connectivity index (χ2n) is 6.69. The number of benzene rings is 1. The molecule has 1 aliphatic rings. The lowest BCUT2D eigenvalue weighted by atomic mass is 10.1. The molecule has 9 heteroatoms. The molecule has 0 saturated carbocycles. The van der Waals surface area contributed by atoms with Crippen LogP contribution in [-0.2, 0) is 6.54 Å². The maximum absolute atomic E-state index is 12.7. The van der Waals surface area contributed by atoms with E-state index in [0.717, 1.165) is 28.7 Å². The van der Waals surface area contributed by atoms with Crippen LogP contribution in [0.3, 0.4) is 0 Å². The molecule has 0 spiro atoms. The molecule has 28 heavy (non-hydrogen) atoms. The lowest BCUT2D eigenvalue weighted by Gasteiger charge is -2.16. The fourth-order valence-electron chi connectivity index (χ4n) is 3.36. The van der Waals surface area contributed by atoms with Gasteiger partial charge in [0.1, 0.15) is 11.2 Å². The van der Waals surface area contributed by atoms with E-state index in [1.807, 2.05) is 28.9 Å². The lowest BCUT2D eigenvalue weighted by molar-refractivity contribution is -0.385. The summed E-state index contributed by atoms with van der Waals surface area (Å²) in [6.45, 7) is 1.73. The van der Waals surface area contributed by atoms with Crippen LogP contribution in [0.2, 0.25) is 0 Å². The van der Waals surface area contributed by atoms with Crippen molar-refractivity contribution in [1.82, 2.24) is 14.3 Å². The predicted octanol–water partition coefficient (Wildman–Crippen LogP) is 3.85. The Hall–Kier alpha value is -2.94. The Kier molecular flexibility index (Phi) is 4.99. The zero-order valence-electron chi connectivity index (χ0n) is 15.0. The van der Waals surface area contributed by atoms with Crippen molar-refractivity contribution in [2.45, 2.75) is 19.4 Å². The van der Waals surface area contributed by atoms with Crippen LogP contribution in [0.5, 0.6) is 0 Å². The number of nitro benzene ring substituents is 1. The second-order valence-corrected chi connectivity index (χ2v) is 7.60. The van der Waals surface area contributed by atoms with Gasteiger partial charge in [0, 0.05) is 41.7 Å². The molecule has 1 aliphatic heterocycles. The molecule has 0 radical (unpaired) electrons. The minimum atomic E-state index is -0.507. The average Bonchev–Trinajstić information content (AvgIpc) is 3.34. The van der Waals surface area contributed by atoms with Gasteiger partial charge in [-0.05, 0) is 53.0 Å². The molecule has 1 aromatic carbocycles. The summed E-state index contributed by atoms with van der Waals surface area (Å²) in [6, 6.07) is 8.39. The normalized spacial score (nSPS) is 13.8. The molecule has 0 bridgehead atoms. The molecule has 0 atom stereocenters. The first-order valence-electron chi connectivity index (χ1n) is 8.96. The third-order valence-electron chi connectivity index (χ3n) is 4.76. The molecule has 1 fully saturated rings. The summed E-state index contributed by atoms with van der Waals surface area (Å²) in [7, 11) is 0. The van der Waals surface area contributed by atoms with Crippen LogP contribution in [0.1, 0.15) is 28.9 Å². The molecule has 1 N–H and O–H groups in total. The maximum atomic E-state index is 12.7. The van der Waals surface area contributed by atoms with Gasteiger partial charge in [-0.1, -0.05) is 0 Å². The van der Waals surface area contributed by atoms with Crippen LogP contribution in [0.15, 0.2) is 47.2 Å². The van der Waals surface area contributed by atoms with Crippen molar-refractivity contribution in [2.24, 2.45) is 0 Å². The smallest absolute Gasteiger partial charge is 0.282 e. The molecule has 3 aromatic rings. The number of nitro groups is 1. The number of fused-ring (bicyclic) bond motifs is 1. The summed E-state index contributed by atoms with van der Waals surface area (Å²) >= 11 is 3.43. The third kappa shape index (κ3) is 3.70. The van der Waals surface area contributed by atoms with Crippen molar-refractivity contribution in [2.75, 3.05) is 18.4 Å². The van der Waals surface area contributed by atoms with E-state index in [4.69, 9.17) is 0 Å². The molecule has 8 nitrogen and oxygen atoms in total. The summed E-state index contributed by atoms with van der Waals surface area (Å²) in [5.41, 5.74) is 2.25. The van der Waals surface area contributed by atoms with Gasteiger partial charge in [-0.15, -0.1) is 0 Å². The SMILES string of the molecule is O=C(c1cc(NCc2cn3cc(Br)ccc3n2)ccc1[N+](=O)[O-])N1CCCC1. The summed E-state index contributed by atoms with van der Waals surface area (Å²) in [5, 5.41) is 14.6. The van der Waals surface area contributed by atoms with Gasteiger partial charge < -0.3 is 14.6 Å². The summed E-state index contributed by atoms with van der Waals surface area (Å²) < 4.78 is 2.87. The zero-order valence-corrected chi connectivity index (χ0v) is 16.6. The van der Waals surface area contributed by atoms with Crippen LogP contribution in [0.25, 0.3) is 5.65 Å². The monoisotopic (exact) mass is 443 g/mol. The standard InChI is InChI=1S/C19H18BrN5O3/c20-13-3-6-18-22-15(12-24(18)11-13)10-21-14-4-5-17(25(27)28)16(9-14)19(26)23-7-1-2-8-23/h3-6,9,11-12,21H,1-2,7-8,10H2. The number of aromatic nitrogens is 2. The maximum Gasteiger partial charge on any atom is 0.282 e. The van der Waals surface area contributed by atoms with Gasteiger partial charge >= 0.3 is 0 Å². The number of carbonyl (C=O) groups is 1. The van der Waals surface area contributed by atoms with Crippen LogP contribution in [-0.4, -0.2) is 38.2 Å². The van der Waals surface area contributed by atoms with Gasteiger partial charge in [-0.25, -0.2) is 4.98 Å². The van der Waals surface area contributed by atoms with E-state index in [-0.39, 0.29) is 17.2 Å². The fourth-order valence-corrected chi connectivity index (χ4v) is 3.71. The van der Waals surface area contributed by atoms with E-state index < -0.39 is 4.92 Å². The van der Waals surface area contributed by atoms with E-state index >= 15 is 0 Å². The Morgan fingerprint density at radius 3 is 2.75 bits per heavy atom. The van der Waals surface area contributed by atoms with Crippen LogP contribution in [0, 0.1) is 10.1 Å². The first kappa shape index (κ1) is 18.4. The molecule has 4 rings (SSSR count).